The summed E-state index contributed by atoms with van der Waals surface area (Å²) >= 11 is 0. The number of aromatic nitrogens is 1. The minimum absolute atomic E-state index is 0.0925. The van der Waals surface area contributed by atoms with Crippen LogP contribution in [0.2, 0.25) is 0 Å². The molecule has 0 radical (unpaired) electrons. The zero-order valence-electron chi connectivity index (χ0n) is 18.2. The normalized spacial score (nSPS) is 23.8. The van der Waals surface area contributed by atoms with Gasteiger partial charge in [0.1, 0.15) is 11.9 Å². The predicted molar refractivity (Wildman–Crippen MR) is 121 cm³/mol. The van der Waals surface area contributed by atoms with Crippen LogP contribution >= 0.6 is 0 Å². The van der Waals surface area contributed by atoms with Crippen LogP contribution in [-0.2, 0) is 22.6 Å². The predicted octanol–water partition coefficient (Wildman–Crippen LogP) is 2.99. The van der Waals surface area contributed by atoms with Crippen LogP contribution in [0.5, 0.6) is 0 Å². The number of aliphatic hydroxyl groups excluding tert-OH is 1. The van der Waals surface area contributed by atoms with E-state index >= 15 is 0 Å². The van der Waals surface area contributed by atoms with Crippen LogP contribution < -0.4 is 5.56 Å². The van der Waals surface area contributed by atoms with Crippen molar-refractivity contribution in [3.8, 4) is 11.1 Å². The molecule has 33 heavy (non-hydrogen) atoms. The smallest absolute Gasteiger partial charge is 0.323 e. The first-order chi connectivity index (χ1) is 16.0. The third kappa shape index (κ3) is 3.57. The number of rotatable bonds is 5. The second-order valence-corrected chi connectivity index (χ2v) is 8.68. The Morgan fingerprint density at radius 2 is 1.91 bits per heavy atom. The number of benzene rings is 2. The maximum atomic E-state index is 13.9. The van der Waals surface area contributed by atoms with E-state index in [1.807, 2.05) is 47.4 Å². The maximum absolute atomic E-state index is 13.9. The molecule has 0 unspecified atom stereocenters. The Bertz CT molecular complexity index is 1240. The number of carbonyl (C=O) groups is 1. The van der Waals surface area contributed by atoms with Gasteiger partial charge in [-0.25, -0.2) is 4.39 Å². The maximum Gasteiger partial charge on any atom is 0.323 e. The summed E-state index contributed by atoms with van der Waals surface area (Å²) in [6, 6.07) is 18.6. The summed E-state index contributed by atoms with van der Waals surface area (Å²) in [6.45, 7) is 0.483. The van der Waals surface area contributed by atoms with Gasteiger partial charge in [-0.2, -0.15) is 0 Å². The molecule has 1 N–H and O–H groups in total. The van der Waals surface area contributed by atoms with Crippen molar-refractivity contribution in [1.29, 1.82) is 0 Å². The van der Waals surface area contributed by atoms with Crippen LogP contribution in [0.4, 0.5) is 4.39 Å². The SMILES string of the molecule is COC(=O)[C@H]1[C@H](CO)[C@H]2Cn3c(ccc(-c4ccccc4)c3=O)[C@H]2N1Cc1cccc(F)c1. The fourth-order valence-electron chi connectivity index (χ4n) is 5.55. The number of likely N-dealkylation sites (tertiary alicyclic amines) is 1. The molecule has 1 saturated heterocycles. The first-order valence-corrected chi connectivity index (χ1v) is 11.0. The quantitative estimate of drug-likeness (QED) is 0.608. The van der Waals surface area contributed by atoms with Crippen molar-refractivity contribution in [2.24, 2.45) is 11.8 Å². The first kappa shape index (κ1) is 21.6. The van der Waals surface area contributed by atoms with E-state index < -0.39 is 17.9 Å². The fraction of sp³-hybridized carbons (Fsp3) is 0.308. The Kier molecular flexibility index (Phi) is 5.60. The third-order valence-electron chi connectivity index (χ3n) is 6.97. The molecule has 3 aromatic rings. The van der Waals surface area contributed by atoms with Gasteiger partial charge in [-0.15, -0.1) is 0 Å². The Labute approximate surface area is 190 Å². The van der Waals surface area contributed by atoms with Crippen LogP contribution in [0.15, 0.2) is 71.5 Å². The number of pyridine rings is 1. The number of nitrogens with zero attached hydrogens (tertiary/aromatic N) is 2. The number of hydrogen-bond donors (Lipinski definition) is 1. The molecule has 2 aliphatic rings. The summed E-state index contributed by atoms with van der Waals surface area (Å²) in [6.07, 6.45) is 0. The van der Waals surface area contributed by atoms with Gasteiger partial charge in [-0.3, -0.25) is 14.5 Å². The molecule has 170 valence electrons. The summed E-state index contributed by atoms with van der Waals surface area (Å²) in [4.78, 5) is 28.1. The zero-order valence-corrected chi connectivity index (χ0v) is 18.2. The number of hydrogen-bond acceptors (Lipinski definition) is 5. The third-order valence-corrected chi connectivity index (χ3v) is 6.97. The molecule has 2 aliphatic heterocycles. The highest BCUT2D eigenvalue weighted by molar-refractivity contribution is 5.77. The van der Waals surface area contributed by atoms with E-state index in [1.54, 1.807) is 16.7 Å². The molecule has 1 fully saturated rings. The molecule has 1 aromatic heterocycles. The lowest BCUT2D eigenvalue weighted by molar-refractivity contribution is -0.148. The molecular formula is C26H25FN2O4. The number of ether oxygens (including phenoxy) is 1. The van der Waals surface area contributed by atoms with Crippen LogP contribution in [0.1, 0.15) is 17.3 Å². The van der Waals surface area contributed by atoms with Crippen LogP contribution in [0.3, 0.4) is 0 Å². The fourth-order valence-corrected chi connectivity index (χ4v) is 5.55. The van der Waals surface area contributed by atoms with Crippen molar-refractivity contribution >= 4 is 5.97 Å². The molecule has 6 nitrogen and oxygen atoms in total. The van der Waals surface area contributed by atoms with E-state index in [0.29, 0.717) is 24.2 Å². The van der Waals surface area contributed by atoms with E-state index in [1.165, 1.54) is 19.2 Å². The topological polar surface area (TPSA) is 71.8 Å². The zero-order chi connectivity index (χ0) is 23.1. The second kappa shape index (κ2) is 8.57. The Balaban J connectivity index is 1.60. The molecule has 2 aromatic carbocycles. The van der Waals surface area contributed by atoms with Crippen molar-refractivity contribution in [2.75, 3.05) is 13.7 Å². The van der Waals surface area contributed by atoms with Gasteiger partial charge in [0.25, 0.3) is 5.56 Å². The molecule has 0 saturated carbocycles. The van der Waals surface area contributed by atoms with Gasteiger partial charge in [0.15, 0.2) is 0 Å². The molecule has 0 aliphatic carbocycles. The molecule has 0 amide bonds. The lowest BCUT2D eigenvalue weighted by Gasteiger charge is -2.30. The number of carbonyl (C=O) groups excluding carboxylic acids is 1. The van der Waals surface area contributed by atoms with Crippen molar-refractivity contribution in [2.45, 2.75) is 25.2 Å². The molecular weight excluding hydrogens is 423 g/mol. The van der Waals surface area contributed by atoms with Crippen LogP contribution in [0, 0.1) is 17.7 Å². The Hall–Kier alpha value is -3.29. The van der Waals surface area contributed by atoms with Crippen molar-refractivity contribution in [1.82, 2.24) is 9.47 Å². The van der Waals surface area contributed by atoms with E-state index in [9.17, 15) is 19.1 Å². The summed E-state index contributed by atoms with van der Waals surface area (Å²) in [5.74, 6) is -1.34. The van der Waals surface area contributed by atoms with Gasteiger partial charge in [0.2, 0.25) is 0 Å². The number of aliphatic hydroxyl groups is 1. The monoisotopic (exact) mass is 448 g/mol. The molecule has 3 heterocycles. The van der Waals surface area contributed by atoms with E-state index in [4.69, 9.17) is 4.74 Å². The molecule has 5 rings (SSSR count). The summed E-state index contributed by atoms with van der Waals surface area (Å²) < 4.78 is 20.7. The Morgan fingerprint density at radius 3 is 2.61 bits per heavy atom. The minimum atomic E-state index is -0.684. The lowest BCUT2D eigenvalue weighted by atomic mass is 9.88. The Morgan fingerprint density at radius 1 is 1.12 bits per heavy atom. The summed E-state index contributed by atoms with van der Waals surface area (Å²) in [7, 11) is 1.33. The highest BCUT2D eigenvalue weighted by atomic mass is 19.1. The second-order valence-electron chi connectivity index (χ2n) is 8.68. The number of halogens is 1. The average Bonchev–Trinajstić information content (AvgIpc) is 3.35. The number of esters is 1. The number of methoxy groups -OCH3 is 1. The molecule has 7 heteroatoms. The van der Waals surface area contributed by atoms with E-state index in [2.05, 4.69) is 0 Å². The lowest BCUT2D eigenvalue weighted by Crippen LogP contribution is -2.43. The van der Waals surface area contributed by atoms with Gasteiger partial charge >= 0.3 is 5.97 Å². The van der Waals surface area contributed by atoms with Gasteiger partial charge < -0.3 is 14.4 Å². The molecule has 4 atom stereocenters. The average molecular weight is 448 g/mol. The van der Waals surface area contributed by atoms with Crippen molar-refractivity contribution < 1.29 is 19.0 Å². The summed E-state index contributed by atoms with van der Waals surface area (Å²) in [5.41, 5.74) is 2.87. The standard InChI is InChI=1S/C26H25FN2O4/c1-33-26(32)24-21(15-30)20-14-28-22(11-10-19(25(28)31)17-7-3-2-4-8-17)23(20)29(24)13-16-6-5-9-18(27)12-16/h2-12,20-21,23-24,30H,13-15H2,1H3/t20-,21-,23+,24-/m1/s1. The molecule has 0 bridgehead atoms. The van der Waals surface area contributed by atoms with Crippen LogP contribution in [0.25, 0.3) is 11.1 Å². The largest absolute Gasteiger partial charge is 0.468 e. The van der Waals surface area contributed by atoms with Gasteiger partial charge in [0, 0.05) is 42.8 Å². The minimum Gasteiger partial charge on any atom is -0.468 e. The van der Waals surface area contributed by atoms with Crippen molar-refractivity contribution in [3.05, 3.63) is 94.2 Å². The van der Waals surface area contributed by atoms with Crippen LogP contribution in [-0.4, -0.2) is 40.3 Å². The highest BCUT2D eigenvalue weighted by Gasteiger charge is 2.56. The first-order valence-electron chi connectivity index (χ1n) is 11.0. The van der Waals surface area contributed by atoms with Gasteiger partial charge in [0.05, 0.1) is 13.2 Å². The number of fused-ring (bicyclic) bond motifs is 3. The summed E-state index contributed by atoms with van der Waals surface area (Å²) in [5, 5.41) is 10.3. The van der Waals surface area contributed by atoms with Gasteiger partial charge in [-0.05, 0) is 35.4 Å². The van der Waals surface area contributed by atoms with E-state index in [-0.39, 0.29) is 29.9 Å². The molecule has 0 spiro atoms. The van der Waals surface area contributed by atoms with Crippen molar-refractivity contribution in [3.63, 3.8) is 0 Å². The highest BCUT2D eigenvalue weighted by Crippen LogP contribution is 2.50. The van der Waals surface area contributed by atoms with E-state index in [0.717, 1.165) is 11.3 Å². The van der Waals surface area contributed by atoms with Gasteiger partial charge in [-0.1, -0.05) is 42.5 Å².